The van der Waals surface area contributed by atoms with Crippen LogP contribution in [0, 0.1) is 11.7 Å². The second-order valence-electron chi connectivity index (χ2n) is 6.09. The van der Waals surface area contributed by atoms with Crippen LogP contribution >= 0.6 is 0 Å². The molecule has 116 valence electrons. The van der Waals surface area contributed by atoms with Crippen molar-refractivity contribution in [3.05, 3.63) is 29.6 Å². The minimum absolute atomic E-state index is 0.103. The van der Waals surface area contributed by atoms with Gasteiger partial charge in [-0.25, -0.2) is 4.39 Å². The van der Waals surface area contributed by atoms with E-state index in [1.807, 2.05) is 0 Å². The number of hydrogen-bond acceptors (Lipinski definition) is 3. The lowest BCUT2D eigenvalue weighted by Gasteiger charge is -2.30. The van der Waals surface area contributed by atoms with Crippen molar-refractivity contribution >= 4 is 0 Å². The Morgan fingerprint density at radius 2 is 2.29 bits per heavy atom. The van der Waals surface area contributed by atoms with Gasteiger partial charge in [0.2, 0.25) is 0 Å². The first kappa shape index (κ1) is 14.8. The van der Waals surface area contributed by atoms with E-state index in [2.05, 4.69) is 12.2 Å². The molecular weight excluding hydrogens is 269 g/mol. The topological polar surface area (TPSA) is 30.5 Å². The molecule has 0 spiro atoms. The summed E-state index contributed by atoms with van der Waals surface area (Å²) in [6.45, 7) is 3.06. The fraction of sp³-hybridized carbons (Fsp3) is 0.647. The van der Waals surface area contributed by atoms with Gasteiger partial charge in [0.1, 0.15) is 11.6 Å². The summed E-state index contributed by atoms with van der Waals surface area (Å²) in [5.74, 6) is 0.956. The number of fused-ring (bicyclic) bond motifs is 2. The second kappa shape index (κ2) is 6.32. The number of methoxy groups -OCH3 is 1. The molecule has 2 fully saturated rings. The van der Waals surface area contributed by atoms with Gasteiger partial charge in [-0.2, -0.15) is 0 Å². The van der Waals surface area contributed by atoms with Crippen LogP contribution in [0.15, 0.2) is 18.2 Å². The molecule has 2 heterocycles. The highest BCUT2D eigenvalue weighted by Gasteiger charge is 2.45. The summed E-state index contributed by atoms with van der Waals surface area (Å²) in [5, 5.41) is 3.59. The minimum atomic E-state index is -0.210. The first-order chi connectivity index (χ1) is 10.2. The molecule has 21 heavy (non-hydrogen) atoms. The molecule has 0 saturated carbocycles. The summed E-state index contributed by atoms with van der Waals surface area (Å²) in [6.07, 6.45) is 5.10. The van der Waals surface area contributed by atoms with Crippen LogP contribution in [0.5, 0.6) is 5.75 Å². The molecule has 4 atom stereocenters. The zero-order valence-corrected chi connectivity index (χ0v) is 12.8. The maximum Gasteiger partial charge on any atom is 0.123 e. The smallest absolute Gasteiger partial charge is 0.123 e. The van der Waals surface area contributed by atoms with Gasteiger partial charge in [0.25, 0.3) is 0 Å². The Hall–Kier alpha value is -1.13. The third kappa shape index (κ3) is 2.92. The van der Waals surface area contributed by atoms with Crippen molar-refractivity contribution in [1.82, 2.24) is 5.32 Å². The average molecular weight is 293 g/mol. The minimum Gasteiger partial charge on any atom is -0.496 e. The summed E-state index contributed by atoms with van der Waals surface area (Å²) in [6, 6.07) is 4.89. The normalized spacial score (nSPS) is 28.8. The number of ether oxygens (including phenoxy) is 2. The molecule has 0 aliphatic carbocycles. The van der Waals surface area contributed by atoms with Gasteiger partial charge in [0, 0.05) is 17.5 Å². The molecule has 3 rings (SSSR count). The molecule has 0 amide bonds. The van der Waals surface area contributed by atoms with Crippen molar-refractivity contribution in [3.63, 3.8) is 0 Å². The highest BCUT2D eigenvalue weighted by molar-refractivity contribution is 5.37. The van der Waals surface area contributed by atoms with Gasteiger partial charge in [-0.1, -0.05) is 6.92 Å². The number of hydrogen-bond donors (Lipinski definition) is 1. The molecule has 2 bridgehead atoms. The largest absolute Gasteiger partial charge is 0.496 e. The average Bonchev–Trinajstić information content (AvgIpc) is 3.11. The van der Waals surface area contributed by atoms with Crippen molar-refractivity contribution in [2.45, 2.75) is 50.9 Å². The zero-order chi connectivity index (χ0) is 14.8. The van der Waals surface area contributed by atoms with Crippen LogP contribution < -0.4 is 10.1 Å². The molecule has 1 N–H and O–H groups in total. The first-order valence-electron chi connectivity index (χ1n) is 7.95. The number of benzene rings is 1. The maximum absolute atomic E-state index is 13.7. The fourth-order valence-corrected chi connectivity index (χ4v) is 3.77. The SMILES string of the molecule is CCCNC(c1cc(F)ccc1OC)C1CC2CCC1O2. The monoisotopic (exact) mass is 293 g/mol. The molecule has 2 saturated heterocycles. The summed E-state index contributed by atoms with van der Waals surface area (Å²) in [4.78, 5) is 0. The van der Waals surface area contributed by atoms with Crippen LogP contribution in [-0.4, -0.2) is 25.9 Å². The van der Waals surface area contributed by atoms with E-state index < -0.39 is 0 Å². The molecule has 1 aromatic carbocycles. The highest BCUT2D eigenvalue weighted by atomic mass is 19.1. The van der Waals surface area contributed by atoms with Gasteiger partial charge in [0.15, 0.2) is 0 Å². The van der Waals surface area contributed by atoms with Gasteiger partial charge >= 0.3 is 0 Å². The van der Waals surface area contributed by atoms with Crippen molar-refractivity contribution in [3.8, 4) is 5.75 Å². The number of rotatable bonds is 6. The van der Waals surface area contributed by atoms with Gasteiger partial charge < -0.3 is 14.8 Å². The molecule has 4 unspecified atom stereocenters. The lowest BCUT2D eigenvalue weighted by molar-refractivity contribution is 0.0854. The summed E-state index contributed by atoms with van der Waals surface area (Å²) in [5.41, 5.74) is 0.923. The molecule has 1 aromatic rings. The lowest BCUT2D eigenvalue weighted by Crippen LogP contribution is -2.34. The summed E-state index contributed by atoms with van der Waals surface area (Å²) < 4.78 is 25.2. The quantitative estimate of drug-likeness (QED) is 0.871. The van der Waals surface area contributed by atoms with Crippen LogP contribution in [0.2, 0.25) is 0 Å². The van der Waals surface area contributed by atoms with Gasteiger partial charge in [0.05, 0.1) is 19.3 Å². The van der Waals surface area contributed by atoms with Crippen molar-refractivity contribution in [2.75, 3.05) is 13.7 Å². The van der Waals surface area contributed by atoms with Gasteiger partial charge in [-0.15, -0.1) is 0 Å². The molecule has 0 radical (unpaired) electrons. The predicted molar refractivity (Wildman–Crippen MR) is 80.0 cm³/mol. The van der Waals surface area contributed by atoms with Crippen LogP contribution in [0.25, 0.3) is 0 Å². The Bertz CT molecular complexity index is 494. The highest BCUT2D eigenvalue weighted by Crippen LogP contribution is 2.46. The van der Waals surface area contributed by atoms with E-state index in [1.54, 1.807) is 19.2 Å². The van der Waals surface area contributed by atoms with E-state index in [0.29, 0.717) is 18.1 Å². The van der Waals surface area contributed by atoms with E-state index in [0.717, 1.165) is 37.1 Å². The van der Waals surface area contributed by atoms with Gasteiger partial charge in [-0.3, -0.25) is 0 Å². The Labute approximate surface area is 125 Å². The number of halogens is 1. The van der Waals surface area contributed by atoms with E-state index in [9.17, 15) is 4.39 Å². The van der Waals surface area contributed by atoms with E-state index >= 15 is 0 Å². The molecule has 2 aliphatic rings. The van der Waals surface area contributed by atoms with Crippen molar-refractivity contribution < 1.29 is 13.9 Å². The van der Waals surface area contributed by atoms with Gasteiger partial charge in [-0.05, 0) is 50.4 Å². The molecule has 0 aromatic heterocycles. The van der Waals surface area contributed by atoms with Crippen LogP contribution in [0.1, 0.15) is 44.2 Å². The van der Waals surface area contributed by atoms with E-state index in [1.165, 1.54) is 12.5 Å². The summed E-state index contributed by atoms with van der Waals surface area (Å²) >= 11 is 0. The van der Waals surface area contributed by atoms with Crippen molar-refractivity contribution in [1.29, 1.82) is 0 Å². The lowest BCUT2D eigenvalue weighted by atomic mass is 9.80. The van der Waals surface area contributed by atoms with Crippen LogP contribution in [-0.2, 0) is 4.74 Å². The number of nitrogens with one attached hydrogen (secondary N) is 1. The van der Waals surface area contributed by atoms with Crippen molar-refractivity contribution in [2.24, 2.45) is 5.92 Å². The molecular formula is C17H24FNO2. The Morgan fingerprint density at radius 3 is 2.90 bits per heavy atom. The van der Waals surface area contributed by atoms with E-state index in [-0.39, 0.29) is 11.9 Å². The Kier molecular flexibility index (Phi) is 4.45. The van der Waals surface area contributed by atoms with Crippen LogP contribution in [0.3, 0.4) is 0 Å². The first-order valence-corrected chi connectivity index (χ1v) is 7.95. The molecule has 3 nitrogen and oxygen atoms in total. The maximum atomic E-state index is 13.7. The third-order valence-electron chi connectivity index (χ3n) is 4.72. The standard InChI is InChI=1S/C17H24FNO2/c1-3-8-19-17(14-10-12-5-7-16(14)21-12)13-9-11(18)4-6-15(13)20-2/h4,6,9,12,14,16-17,19H,3,5,7-8,10H2,1-2H3. The Balaban J connectivity index is 1.90. The Morgan fingerprint density at radius 1 is 1.43 bits per heavy atom. The zero-order valence-electron chi connectivity index (χ0n) is 12.8. The third-order valence-corrected chi connectivity index (χ3v) is 4.72. The summed E-state index contributed by atoms with van der Waals surface area (Å²) in [7, 11) is 1.64. The fourth-order valence-electron chi connectivity index (χ4n) is 3.77. The predicted octanol–water partition coefficient (Wildman–Crippen LogP) is 3.44. The molecule has 4 heteroatoms. The van der Waals surface area contributed by atoms with Crippen LogP contribution in [0.4, 0.5) is 4.39 Å². The molecule has 2 aliphatic heterocycles. The van der Waals surface area contributed by atoms with E-state index in [4.69, 9.17) is 9.47 Å². The second-order valence-corrected chi connectivity index (χ2v) is 6.09.